The molecule has 0 unspecified atom stereocenters. The van der Waals surface area contributed by atoms with E-state index in [1.807, 2.05) is 0 Å². The van der Waals surface area contributed by atoms with Crippen molar-refractivity contribution in [3.05, 3.63) is 47.5 Å². The Hall–Kier alpha value is -3.94. The number of furan rings is 1. The molecule has 1 heterocycles. The molecule has 138 valence electrons. The molecule has 0 atom stereocenters. The summed E-state index contributed by atoms with van der Waals surface area (Å²) in [7, 11) is 1.21. The predicted molar refractivity (Wildman–Crippen MR) is 94.7 cm³/mol. The third-order valence-electron chi connectivity index (χ3n) is 3.86. The molecule has 4 N–H and O–H groups in total. The molecule has 0 aliphatic heterocycles. The van der Waals surface area contributed by atoms with Crippen LogP contribution in [0.1, 0.15) is 15.9 Å². The minimum Gasteiger partial charge on any atom is -0.504 e. The third-order valence-corrected chi connectivity index (χ3v) is 3.86. The topological polar surface area (TPSA) is 137 Å². The number of benzene rings is 2. The molecule has 8 heteroatoms. The summed E-state index contributed by atoms with van der Waals surface area (Å²) >= 11 is 0. The number of carboxylic acids is 1. The van der Waals surface area contributed by atoms with Gasteiger partial charge in [0.05, 0.1) is 7.11 Å². The smallest absolute Gasteiger partial charge is 0.340 e. The second-order valence-corrected chi connectivity index (χ2v) is 5.59. The van der Waals surface area contributed by atoms with Crippen LogP contribution in [-0.2, 0) is 9.53 Å². The van der Waals surface area contributed by atoms with E-state index in [1.54, 1.807) is 0 Å². The normalized spacial score (nSPS) is 11.1. The molecule has 2 aromatic carbocycles. The zero-order chi connectivity index (χ0) is 19.7. The van der Waals surface area contributed by atoms with Crippen LogP contribution < -0.4 is 0 Å². The number of phenolic OH excluding ortho intramolecular Hbond substituents is 3. The number of methoxy groups -OCH3 is 1. The molecule has 8 nitrogen and oxygen atoms in total. The van der Waals surface area contributed by atoms with Crippen LogP contribution in [-0.4, -0.2) is 39.5 Å². The lowest BCUT2D eigenvalue weighted by Crippen LogP contribution is -1.97. The number of fused-ring (bicyclic) bond motifs is 1. The molecule has 0 amide bonds. The van der Waals surface area contributed by atoms with Gasteiger partial charge in [-0.2, -0.15) is 0 Å². The first kappa shape index (κ1) is 17.9. The van der Waals surface area contributed by atoms with E-state index in [0.29, 0.717) is 5.56 Å². The van der Waals surface area contributed by atoms with E-state index in [9.17, 15) is 30.0 Å². The molecule has 0 aliphatic carbocycles. The lowest BCUT2D eigenvalue weighted by atomic mass is 10.0. The van der Waals surface area contributed by atoms with Crippen molar-refractivity contribution in [2.24, 2.45) is 0 Å². The Bertz CT molecular complexity index is 1090. The fourth-order valence-corrected chi connectivity index (χ4v) is 2.61. The second kappa shape index (κ2) is 6.75. The van der Waals surface area contributed by atoms with Gasteiger partial charge in [0.2, 0.25) is 0 Å². The summed E-state index contributed by atoms with van der Waals surface area (Å²) in [6.07, 6.45) is 2.48. The van der Waals surface area contributed by atoms with Gasteiger partial charge in [-0.3, -0.25) is 0 Å². The Labute approximate surface area is 152 Å². The highest BCUT2D eigenvalue weighted by Gasteiger charge is 2.24. The van der Waals surface area contributed by atoms with Crippen molar-refractivity contribution in [2.45, 2.75) is 0 Å². The van der Waals surface area contributed by atoms with Crippen LogP contribution in [0.3, 0.4) is 0 Å². The van der Waals surface area contributed by atoms with Crippen molar-refractivity contribution in [3.63, 3.8) is 0 Å². The van der Waals surface area contributed by atoms with Crippen molar-refractivity contribution in [1.29, 1.82) is 0 Å². The molecule has 0 saturated heterocycles. The third kappa shape index (κ3) is 3.28. The number of phenols is 3. The molecule has 0 fully saturated rings. The fourth-order valence-electron chi connectivity index (χ4n) is 2.61. The Morgan fingerprint density at radius 2 is 1.78 bits per heavy atom. The largest absolute Gasteiger partial charge is 0.504 e. The Balaban J connectivity index is 2.24. The number of ether oxygens (including phenoxy) is 1. The molecular formula is C19H14O8. The second-order valence-electron chi connectivity index (χ2n) is 5.59. The summed E-state index contributed by atoms with van der Waals surface area (Å²) in [5, 5.41) is 39.0. The van der Waals surface area contributed by atoms with E-state index in [2.05, 4.69) is 4.74 Å². The lowest BCUT2D eigenvalue weighted by molar-refractivity contribution is -0.134. The van der Waals surface area contributed by atoms with Crippen LogP contribution in [0, 0.1) is 0 Å². The lowest BCUT2D eigenvalue weighted by Gasteiger charge is -2.02. The van der Waals surface area contributed by atoms with E-state index in [4.69, 9.17) is 4.42 Å². The van der Waals surface area contributed by atoms with Crippen molar-refractivity contribution < 1.29 is 39.2 Å². The summed E-state index contributed by atoms with van der Waals surface area (Å²) in [5.74, 6) is -3.17. The highest BCUT2D eigenvalue weighted by atomic mass is 16.5. The van der Waals surface area contributed by atoms with Crippen LogP contribution in [0.2, 0.25) is 0 Å². The molecule has 0 spiro atoms. The quantitative estimate of drug-likeness (QED) is 0.312. The first-order chi connectivity index (χ1) is 12.8. The number of aromatic hydroxyl groups is 3. The average molecular weight is 370 g/mol. The Kier molecular flexibility index (Phi) is 4.47. The minimum atomic E-state index is -1.31. The number of carbonyl (C=O) groups excluding carboxylic acids is 1. The monoisotopic (exact) mass is 370 g/mol. The van der Waals surface area contributed by atoms with Crippen LogP contribution >= 0.6 is 0 Å². The maximum Gasteiger partial charge on any atom is 0.340 e. The van der Waals surface area contributed by atoms with E-state index in [-0.39, 0.29) is 39.4 Å². The van der Waals surface area contributed by atoms with E-state index >= 15 is 0 Å². The standard InChI is InChI=1S/C19H14O8/c1-26-15(23)5-2-9-6-11-16(19(24)25)17(27-18(11)14(22)7-9)10-3-4-12(20)13(21)8-10/h2-8,20-22H,1H3,(H,24,25)/b5-2+. The number of hydrogen-bond acceptors (Lipinski definition) is 7. The predicted octanol–water partition coefficient (Wildman–Crippen LogP) is 3.10. The summed E-state index contributed by atoms with van der Waals surface area (Å²) in [6.45, 7) is 0. The van der Waals surface area contributed by atoms with Gasteiger partial charge in [0.25, 0.3) is 0 Å². The highest BCUT2D eigenvalue weighted by Crippen LogP contribution is 2.40. The molecule has 0 radical (unpaired) electrons. The van der Waals surface area contributed by atoms with Gasteiger partial charge in [0.1, 0.15) is 11.3 Å². The van der Waals surface area contributed by atoms with Gasteiger partial charge in [0.15, 0.2) is 22.8 Å². The molecule has 0 saturated carbocycles. The number of aromatic carboxylic acids is 1. The summed E-state index contributed by atoms with van der Waals surface area (Å²) in [6, 6.07) is 6.44. The van der Waals surface area contributed by atoms with Gasteiger partial charge in [-0.05, 0) is 42.0 Å². The molecular weight excluding hydrogens is 356 g/mol. The van der Waals surface area contributed by atoms with Crippen molar-refractivity contribution >= 4 is 29.0 Å². The highest BCUT2D eigenvalue weighted by molar-refractivity contribution is 6.09. The van der Waals surface area contributed by atoms with Crippen LogP contribution in [0.25, 0.3) is 28.4 Å². The molecule has 3 aromatic rings. The Morgan fingerprint density at radius 3 is 2.41 bits per heavy atom. The summed E-state index contributed by atoms with van der Waals surface area (Å²) in [5.41, 5.74) is 0.252. The van der Waals surface area contributed by atoms with Crippen LogP contribution in [0.4, 0.5) is 0 Å². The fraction of sp³-hybridized carbons (Fsp3) is 0.0526. The van der Waals surface area contributed by atoms with E-state index in [1.165, 1.54) is 37.5 Å². The van der Waals surface area contributed by atoms with Crippen LogP contribution in [0.5, 0.6) is 17.2 Å². The molecule has 27 heavy (non-hydrogen) atoms. The van der Waals surface area contributed by atoms with Gasteiger partial charge in [-0.25, -0.2) is 9.59 Å². The van der Waals surface area contributed by atoms with Crippen molar-refractivity contribution in [1.82, 2.24) is 0 Å². The summed E-state index contributed by atoms with van der Waals surface area (Å²) < 4.78 is 10.0. The number of carboxylic acid groups (broad SMARTS) is 1. The Morgan fingerprint density at radius 1 is 1.04 bits per heavy atom. The zero-order valence-electron chi connectivity index (χ0n) is 14.0. The number of esters is 1. The van der Waals surface area contributed by atoms with E-state index < -0.39 is 17.7 Å². The number of rotatable bonds is 4. The van der Waals surface area contributed by atoms with Gasteiger partial charge < -0.3 is 29.6 Å². The number of hydrogen-bond donors (Lipinski definition) is 4. The molecule has 1 aromatic heterocycles. The summed E-state index contributed by atoms with van der Waals surface area (Å²) in [4.78, 5) is 23.0. The average Bonchev–Trinajstić information content (AvgIpc) is 3.02. The first-order valence-corrected chi connectivity index (χ1v) is 7.63. The van der Waals surface area contributed by atoms with Gasteiger partial charge in [-0.1, -0.05) is 0 Å². The van der Waals surface area contributed by atoms with Gasteiger partial charge in [0, 0.05) is 17.0 Å². The molecule has 0 bridgehead atoms. The van der Waals surface area contributed by atoms with Crippen LogP contribution in [0.15, 0.2) is 40.8 Å². The van der Waals surface area contributed by atoms with Crippen molar-refractivity contribution in [3.8, 4) is 28.6 Å². The maximum atomic E-state index is 11.8. The molecule has 0 aliphatic rings. The molecule has 3 rings (SSSR count). The zero-order valence-corrected chi connectivity index (χ0v) is 14.0. The first-order valence-electron chi connectivity index (χ1n) is 7.63. The maximum absolute atomic E-state index is 11.8. The minimum absolute atomic E-state index is 0.0646. The van der Waals surface area contributed by atoms with Gasteiger partial charge >= 0.3 is 11.9 Å². The number of carbonyl (C=O) groups is 2. The van der Waals surface area contributed by atoms with E-state index in [0.717, 1.165) is 12.1 Å². The van der Waals surface area contributed by atoms with Gasteiger partial charge in [-0.15, -0.1) is 0 Å². The van der Waals surface area contributed by atoms with Crippen molar-refractivity contribution in [2.75, 3.05) is 7.11 Å². The SMILES string of the molecule is COC(=O)/C=C/c1cc(O)c2oc(-c3ccc(O)c(O)c3)c(C(=O)O)c2c1.